The minimum Gasteiger partial charge on any atom is -0.481 e. The van der Waals surface area contributed by atoms with E-state index in [0.717, 1.165) is 13.1 Å². The predicted molar refractivity (Wildman–Crippen MR) is 57.6 cm³/mol. The van der Waals surface area contributed by atoms with Crippen LogP contribution in [0.5, 0.6) is 0 Å². The normalized spacial score (nSPS) is 28.3. The maximum absolute atomic E-state index is 10.9. The van der Waals surface area contributed by atoms with Crippen LogP contribution >= 0.6 is 0 Å². The summed E-state index contributed by atoms with van der Waals surface area (Å²) in [5.41, 5.74) is -0.662. The van der Waals surface area contributed by atoms with Crippen LogP contribution in [0, 0.1) is 11.8 Å². The molecule has 2 atom stereocenters. The van der Waals surface area contributed by atoms with Crippen LogP contribution < -0.4 is 0 Å². The molecule has 0 radical (unpaired) electrons. The summed E-state index contributed by atoms with van der Waals surface area (Å²) in [7, 11) is 0. The average Bonchev–Trinajstić information content (AvgIpc) is 2.42. The van der Waals surface area contributed by atoms with Gasteiger partial charge in [0.1, 0.15) is 0 Å². The summed E-state index contributed by atoms with van der Waals surface area (Å²) in [6, 6.07) is 0. The lowest BCUT2D eigenvalue weighted by Crippen LogP contribution is -2.30. The summed E-state index contributed by atoms with van der Waals surface area (Å²) in [5.74, 6) is -0.732. The van der Waals surface area contributed by atoms with Gasteiger partial charge in [0.05, 0.1) is 11.5 Å². The van der Waals surface area contributed by atoms with Gasteiger partial charge in [-0.3, -0.25) is 4.79 Å². The third kappa shape index (κ3) is 3.80. The van der Waals surface area contributed by atoms with Crippen molar-refractivity contribution in [2.24, 2.45) is 11.8 Å². The number of hydrogen-bond donors (Lipinski definition) is 2. The van der Waals surface area contributed by atoms with Gasteiger partial charge in [-0.1, -0.05) is 6.92 Å². The Balaban J connectivity index is 2.39. The number of aliphatic hydroxyl groups is 1. The zero-order chi connectivity index (χ0) is 11.6. The maximum Gasteiger partial charge on any atom is 0.308 e. The van der Waals surface area contributed by atoms with Crippen LogP contribution in [0.2, 0.25) is 0 Å². The number of hydrogen-bond acceptors (Lipinski definition) is 3. The van der Waals surface area contributed by atoms with E-state index < -0.39 is 11.6 Å². The van der Waals surface area contributed by atoms with E-state index >= 15 is 0 Å². The van der Waals surface area contributed by atoms with Crippen LogP contribution in [0.15, 0.2) is 0 Å². The molecule has 15 heavy (non-hydrogen) atoms. The van der Waals surface area contributed by atoms with Crippen molar-refractivity contribution in [2.45, 2.75) is 32.8 Å². The second-order valence-corrected chi connectivity index (χ2v) is 5.24. The quantitative estimate of drug-likeness (QED) is 0.728. The Morgan fingerprint density at radius 1 is 1.47 bits per heavy atom. The van der Waals surface area contributed by atoms with Crippen molar-refractivity contribution >= 4 is 5.97 Å². The zero-order valence-corrected chi connectivity index (χ0v) is 9.73. The standard InChI is InChI=1S/C11H21NO3/c1-8-6-12(5-4-11(2,3)15)7-9(8)10(13)14/h8-9,15H,4-7H2,1-3H3,(H,13,14). The predicted octanol–water partition coefficient (Wildman–Crippen LogP) is 0.800. The van der Waals surface area contributed by atoms with Crippen molar-refractivity contribution in [2.75, 3.05) is 19.6 Å². The Morgan fingerprint density at radius 3 is 2.47 bits per heavy atom. The molecule has 2 unspecified atom stereocenters. The smallest absolute Gasteiger partial charge is 0.308 e. The Labute approximate surface area is 90.9 Å². The maximum atomic E-state index is 10.9. The van der Waals surface area contributed by atoms with Gasteiger partial charge >= 0.3 is 5.97 Å². The second kappa shape index (κ2) is 4.49. The highest BCUT2D eigenvalue weighted by Gasteiger charge is 2.34. The molecule has 0 bridgehead atoms. The molecule has 0 saturated carbocycles. The summed E-state index contributed by atoms with van der Waals surface area (Å²) in [4.78, 5) is 13.0. The third-order valence-electron chi connectivity index (χ3n) is 3.04. The highest BCUT2D eigenvalue weighted by atomic mass is 16.4. The molecule has 0 spiro atoms. The fraction of sp³-hybridized carbons (Fsp3) is 0.909. The molecule has 1 rings (SSSR count). The van der Waals surface area contributed by atoms with Crippen LogP contribution in [-0.2, 0) is 4.79 Å². The highest BCUT2D eigenvalue weighted by Crippen LogP contribution is 2.24. The molecule has 0 aromatic carbocycles. The first-order valence-corrected chi connectivity index (χ1v) is 5.47. The molecule has 0 aliphatic carbocycles. The van der Waals surface area contributed by atoms with E-state index in [1.54, 1.807) is 13.8 Å². The Bertz CT molecular complexity index is 234. The van der Waals surface area contributed by atoms with Gasteiger partial charge in [0.25, 0.3) is 0 Å². The van der Waals surface area contributed by atoms with Gasteiger partial charge in [-0.25, -0.2) is 0 Å². The van der Waals surface area contributed by atoms with E-state index in [1.165, 1.54) is 0 Å². The molecule has 1 heterocycles. The number of carbonyl (C=O) groups is 1. The van der Waals surface area contributed by atoms with Crippen LogP contribution in [0.4, 0.5) is 0 Å². The summed E-state index contributed by atoms with van der Waals surface area (Å²) in [6.45, 7) is 7.75. The molecule has 4 heteroatoms. The van der Waals surface area contributed by atoms with Gasteiger partial charge in [-0.05, 0) is 26.2 Å². The van der Waals surface area contributed by atoms with E-state index in [9.17, 15) is 9.90 Å². The molecular weight excluding hydrogens is 194 g/mol. The lowest BCUT2D eigenvalue weighted by Gasteiger charge is -2.22. The lowest BCUT2D eigenvalue weighted by atomic mass is 9.99. The van der Waals surface area contributed by atoms with Crippen molar-refractivity contribution in [3.8, 4) is 0 Å². The molecule has 1 aliphatic heterocycles. The van der Waals surface area contributed by atoms with E-state index in [2.05, 4.69) is 4.90 Å². The first-order chi connectivity index (χ1) is 6.79. The molecule has 0 aromatic heterocycles. The number of likely N-dealkylation sites (tertiary alicyclic amines) is 1. The minimum atomic E-state index is -0.701. The molecule has 1 saturated heterocycles. The highest BCUT2D eigenvalue weighted by molar-refractivity contribution is 5.71. The molecular formula is C11H21NO3. The van der Waals surface area contributed by atoms with E-state index in [1.807, 2.05) is 6.92 Å². The Kier molecular flexibility index (Phi) is 3.73. The van der Waals surface area contributed by atoms with E-state index in [0.29, 0.717) is 13.0 Å². The van der Waals surface area contributed by atoms with Crippen molar-refractivity contribution < 1.29 is 15.0 Å². The van der Waals surface area contributed by atoms with Crippen molar-refractivity contribution in [3.05, 3.63) is 0 Å². The summed E-state index contributed by atoms with van der Waals surface area (Å²) in [5, 5.41) is 18.5. The van der Waals surface area contributed by atoms with Crippen LogP contribution in [0.25, 0.3) is 0 Å². The average molecular weight is 215 g/mol. The van der Waals surface area contributed by atoms with Crippen molar-refractivity contribution in [3.63, 3.8) is 0 Å². The second-order valence-electron chi connectivity index (χ2n) is 5.24. The molecule has 1 fully saturated rings. The van der Waals surface area contributed by atoms with Gasteiger partial charge in [-0.2, -0.15) is 0 Å². The largest absolute Gasteiger partial charge is 0.481 e. The first kappa shape index (κ1) is 12.5. The van der Waals surface area contributed by atoms with Gasteiger partial charge in [0, 0.05) is 19.6 Å². The third-order valence-corrected chi connectivity index (χ3v) is 3.04. The van der Waals surface area contributed by atoms with Gasteiger partial charge in [-0.15, -0.1) is 0 Å². The van der Waals surface area contributed by atoms with E-state index in [-0.39, 0.29) is 11.8 Å². The molecule has 88 valence electrons. The fourth-order valence-corrected chi connectivity index (χ4v) is 2.00. The van der Waals surface area contributed by atoms with Crippen molar-refractivity contribution in [1.82, 2.24) is 4.90 Å². The molecule has 0 amide bonds. The van der Waals surface area contributed by atoms with Crippen molar-refractivity contribution in [1.29, 1.82) is 0 Å². The molecule has 0 aromatic rings. The first-order valence-electron chi connectivity index (χ1n) is 5.47. The van der Waals surface area contributed by atoms with Gasteiger partial charge < -0.3 is 15.1 Å². The molecule has 1 aliphatic rings. The minimum absolute atomic E-state index is 0.212. The monoisotopic (exact) mass is 215 g/mol. The van der Waals surface area contributed by atoms with Crippen LogP contribution in [-0.4, -0.2) is 46.3 Å². The fourth-order valence-electron chi connectivity index (χ4n) is 2.00. The summed E-state index contributed by atoms with van der Waals surface area (Å²) >= 11 is 0. The van der Waals surface area contributed by atoms with Crippen LogP contribution in [0.3, 0.4) is 0 Å². The summed E-state index contributed by atoms with van der Waals surface area (Å²) in [6.07, 6.45) is 0.687. The summed E-state index contributed by atoms with van der Waals surface area (Å²) < 4.78 is 0. The number of carboxylic acids is 1. The number of rotatable bonds is 4. The molecule has 4 nitrogen and oxygen atoms in total. The van der Waals surface area contributed by atoms with E-state index in [4.69, 9.17) is 5.11 Å². The lowest BCUT2D eigenvalue weighted by molar-refractivity contribution is -0.142. The van der Waals surface area contributed by atoms with Crippen LogP contribution in [0.1, 0.15) is 27.2 Å². The Morgan fingerprint density at radius 2 is 2.07 bits per heavy atom. The number of carboxylic acid groups (broad SMARTS) is 1. The SMILES string of the molecule is CC1CN(CCC(C)(C)O)CC1C(=O)O. The Hall–Kier alpha value is -0.610. The topological polar surface area (TPSA) is 60.8 Å². The number of nitrogens with zero attached hydrogens (tertiary/aromatic N) is 1. The van der Waals surface area contributed by atoms with Gasteiger partial charge in [0.2, 0.25) is 0 Å². The molecule has 2 N–H and O–H groups in total. The zero-order valence-electron chi connectivity index (χ0n) is 9.73. The number of aliphatic carboxylic acids is 1. The van der Waals surface area contributed by atoms with Gasteiger partial charge in [0.15, 0.2) is 0 Å².